The highest BCUT2D eigenvalue weighted by Crippen LogP contribution is 2.32. The van der Waals surface area contributed by atoms with Crippen LogP contribution in [0.15, 0.2) is 95.7 Å². The molecule has 54 heavy (non-hydrogen) atoms. The predicted molar refractivity (Wildman–Crippen MR) is 211 cm³/mol. The minimum absolute atomic E-state index is 0.000400. The van der Waals surface area contributed by atoms with Crippen LogP contribution in [0.4, 0.5) is 0 Å². The summed E-state index contributed by atoms with van der Waals surface area (Å²) in [5.41, 5.74) is 10.4. The van der Waals surface area contributed by atoms with Gasteiger partial charge in [-0.2, -0.15) is 0 Å². The lowest BCUT2D eigenvalue weighted by atomic mass is 9.92. The first-order chi connectivity index (χ1) is 25.9. The molecule has 4 aromatic rings. The van der Waals surface area contributed by atoms with Crippen molar-refractivity contribution in [3.63, 3.8) is 0 Å². The molecule has 0 bridgehead atoms. The summed E-state index contributed by atoms with van der Waals surface area (Å²) in [6.45, 7) is 7.93. The smallest absolute Gasteiger partial charge is 0.271 e. The van der Waals surface area contributed by atoms with Gasteiger partial charge in [0.05, 0.1) is 4.90 Å². The van der Waals surface area contributed by atoms with E-state index in [1.165, 1.54) is 18.2 Å². The number of nitrogens with zero attached hydrogens (tertiary/aromatic N) is 3. The molecule has 0 saturated heterocycles. The standard InChI is InChI=1S/C42H50N6O5S/c1-5-7-20-47(21-8-6-2)42(51)38-27-46(4)39(44-38)35-19-17-31(23-37(35)41(50)48-26-32-14-10-9-13-30(32)22-33(48)25-43)40(49)45-54(52,53)34-18-16-29-15-11-12-28(3)36(29)24-34/h9-19,23-24,27,33,39,44H,5-8,20-22,25-26,43H2,1-4H3,(H,45,49)/t33-,39?/m0/s1. The van der Waals surface area contributed by atoms with Gasteiger partial charge in [-0.05, 0) is 77.9 Å². The first-order valence-electron chi connectivity index (χ1n) is 18.7. The molecule has 0 aromatic heterocycles. The minimum atomic E-state index is -4.27. The summed E-state index contributed by atoms with van der Waals surface area (Å²) in [5, 5.41) is 5.01. The van der Waals surface area contributed by atoms with Gasteiger partial charge in [0.2, 0.25) is 0 Å². The monoisotopic (exact) mass is 750 g/mol. The van der Waals surface area contributed by atoms with Crippen LogP contribution in [0, 0.1) is 6.92 Å². The Hall–Kier alpha value is -5.20. The van der Waals surface area contributed by atoms with Crippen molar-refractivity contribution in [1.29, 1.82) is 0 Å². The molecule has 0 spiro atoms. The molecule has 4 aromatic carbocycles. The van der Waals surface area contributed by atoms with Crippen LogP contribution >= 0.6 is 0 Å². The number of carbonyl (C=O) groups is 3. The molecule has 2 heterocycles. The van der Waals surface area contributed by atoms with Crippen molar-refractivity contribution < 1.29 is 22.8 Å². The number of unbranched alkanes of at least 4 members (excludes halogenated alkanes) is 2. The minimum Gasteiger partial charge on any atom is -0.356 e. The molecule has 1 unspecified atom stereocenters. The summed E-state index contributed by atoms with van der Waals surface area (Å²) in [7, 11) is -2.45. The molecule has 0 radical (unpaired) electrons. The summed E-state index contributed by atoms with van der Waals surface area (Å²) >= 11 is 0. The third-order valence-electron chi connectivity index (χ3n) is 10.5. The topological polar surface area (TPSA) is 145 Å². The van der Waals surface area contributed by atoms with Crippen LogP contribution in [0.2, 0.25) is 0 Å². The van der Waals surface area contributed by atoms with Gasteiger partial charge in [0.25, 0.3) is 27.7 Å². The van der Waals surface area contributed by atoms with E-state index in [0.717, 1.165) is 53.1 Å². The van der Waals surface area contributed by atoms with E-state index >= 15 is 0 Å². The fourth-order valence-corrected chi connectivity index (χ4v) is 8.29. The van der Waals surface area contributed by atoms with Crippen molar-refractivity contribution in [2.75, 3.05) is 26.7 Å². The number of hydrogen-bond acceptors (Lipinski definition) is 8. The Morgan fingerprint density at radius 2 is 1.65 bits per heavy atom. The van der Waals surface area contributed by atoms with Gasteiger partial charge in [-0.15, -0.1) is 0 Å². The lowest BCUT2D eigenvalue weighted by Gasteiger charge is -2.37. The summed E-state index contributed by atoms with van der Waals surface area (Å²) in [6.07, 6.45) is 5.42. The summed E-state index contributed by atoms with van der Waals surface area (Å²) < 4.78 is 29.3. The van der Waals surface area contributed by atoms with E-state index < -0.39 is 22.1 Å². The Balaban J connectivity index is 1.34. The lowest BCUT2D eigenvalue weighted by molar-refractivity contribution is -0.127. The second-order valence-electron chi connectivity index (χ2n) is 14.2. The van der Waals surface area contributed by atoms with Crippen molar-refractivity contribution in [3.8, 4) is 0 Å². The molecule has 0 aliphatic carbocycles. The van der Waals surface area contributed by atoms with Crippen molar-refractivity contribution in [2.24, 2.45) is 5.73 Å². The Morgan fingerprint density at radius 3 is 2.35 bits per heavy atom. The average Bonchev–Trinajstić information content (AvgIpc) is 3.57. The van der Waals surface area contributed by atoms with Crippen LogP contribution in [0.25, 0.3) is 10.8 Å². The maximum absolute atomic E-state index is 14.7. The van der Waals surface area contributed by atoms with Crippen molar-refractivity contribution in [1.82, 2.24) is 24.7 Å². The SMILES string of the molecule is CCCCN(CCCC)C(=O)C1=CN(C)C(c2ccc(C(=O)NS(=O)(=O)c3ccc4cccc(C)c4c3)cc2C(=O)N2Cc3ccccc3C[C@H]2CN)N1. The third kappa shape index (κ3) is 8.00. The predicted octanol–water partition coefficient (Wildman–Crippen LogP) is 5.60. The van der Waals surface area contributed by atoms with Gasteiger partial charge in [0, 0.05) is 62.2 Å². The molecule has 2 aliphatic rings. The van der Waals surface area contributed by atoms with E-state index in [0.29, 0.717) is 37.3 Å². The second kappa shape index (κ2) is 16.4. The Bertz CT molecular complexity index is 2190. The molecule has 2 aliphatic heterocycles. The number of sulfonamides is 1. The van der Waals surface area contributed by atoms with Crippen molar-refractivity contribution >= 4 is 38.5 Å². The van der Waals surface area contributed by atoms with Crippen LogP contribution < -0.4 is 15.8 Å². The Labute approximate surface area is 318 Å². The number of fused-ring (bicyclic) bond motifs is 2. The number of aryl methyl sites for hydroxylation is 1. The Kier molecular flexibility index (Phi) is 11.7. The van der Waals surface area contributed by atoms with Gasteiger partial charge in [-0.1, -0.05) is 81.3 Å². The first-order valence-corrected chi connectivity index (χ1v) is 20.2. The van der Waals surface area contributed by atoms with Crippen molar-refractivity contribution in [2.45, 2.75) is 76.5 Å². The van der Waals surface area contributed by atoms with E-state index in [1.54, 1.807) is 29.3 Å². The fraction of sp³-hybridized carbons (Fsp3) is 0.357. The van der Waals surface area contributed by atoms with E-state index in [2.05, 4.69) is 23.9 Å². The van der Waals surface area contributed by atoms with E-state index in [4.69, 9.17) is 5.73 Å². The molecular formula is C42H50N6O5S. The van der Waals surface area contributed by atoms with Gasteiger partial charge < -0.3 is 25.8 Å². The van der Waals surface area contributed by atoms with Crippen molar-refractivity contribution in [3.05, 3.63) is 124 Å². The fourth-order valence-electron chi connectivity index (χ4n) is 7.29. The first kappa shape index (κ1) is 38.5. The number of nitrogens with one attached hydrogen (secondary N) is 2. The van der Waals surface area contributed by atoms with Crippen LogP contribution in [-0.4, -0.2) is 73.6 Å². The van der Waals surface area contributed by atoms with Crippen LogP contribution in [0.5, 0.6) is 0 Å². The zero-order valence-electron chi connectivity index (χ0n) is 31.5. The molecule has 2 atom stereocenters. The molecule has 0 saturated carbocycles. The molecule has 3 amide bonds. The number of nitrogens with two attached hydrogens (primary N) is 1. The second-order valence-corrected chi connectivity index (χ2v) is 15.9. The number of carbonyl (C=O) groups excluding carboxylic acids is 3. The molecule has 284 valence electrons. The van der Waals surface area contributed by atoms with Gasteiger partial charge in [0.15, 0.2) is 0 Å². The highest BCUT2D eigenvalue weighted by atomic mass is 32.2. The highest BCUT2D eigenvalue weighted by Gasteiger charge is 2.36. The number of rotatable bonds is 13. The number of amides is 3. The number of benzene rings is 4. The van der Waals surface area contributed by atoms with Gasteiger partial charge >= 0.3 is 0 Å². The quantitative estimate of drug-likeness (QED) is 0.160. The zero-order chi connectivity index (χ0) is 38.6. The molecule has 0 fully saturated rings. The molecule has 4 N–H and O–H groups in total. The van der Waals surface area contributed by atoms with Gasteiger partial charge in [-0.3, -0.25) is 14.4 Å². The van der Waals surface area contributed by atoms with E-state index in [9.17, 15) is 22.8 Å². The third-order valence-corrected chi connectivity index (χ3v) is 11.8. The lowest BCUT2D eigenvalue weighted by Crippen LogP contribution is -2.48. The number of hydrogen-bond donors (Lipinski definition) is 3. The van der Waals surface area contributed by atoms with E-state index in [1.807, 2.05) is 66.2 Å². The molecular weight excluding hydrogens is 701 g/mol. The normalized spacial score (nSPS) is 16.8. The average molecular weight is 751 g/mol. The van der Waals surface area contributed by atoms with Crippen LogP contribution in [0.3, 0.4) is 0 Å². The summed E-state index contributed by atoms with van der Waals surface area (Å²) in [5.74, 6) is -1.33. The van der Waals surface area contributed by atoms with E-state index in [-0.39, 0.29) is 40.4 Å². The molecule has 11 nitrogen and oxygen atoms in total. The maximum Gasteiger partial charge on any atom is 0.271 e. The zero-order valence-corrected chi connectivity index (χ0v) is 32.3. The van der Waals surface area contributed by atoms with Crippen LogP contribution in [-0.2, 0) is 27.8 Å². The summed E-state index contributed by atoms with van der Waals surface area (Å²) in [4.78, 5) is 47.7. The van der Waals surface area contributed by atoms with Crippen LogP contribution in [0.1, 0.15) is 88.7 Å². The maximum atomic E-state index is 14.7. The van der Waals surface area contributed by atoms with Gasteiger partial charge in [-0.25, -0.2) is 13.1 Å². The largest absolute Gasteiger partial charge is 0.356 e. The summed E-state index contributed by atoms with van der Waals surface area (Å²) in [6, 6.07) is 22.7. The Morgan fingerprint density at radius 1 is 0.926 bits per heavy atom. The molecule has 6 rings (SSSR count). The highest BCUT2D eigenvalue weighted by molar-refractivity contribution is 7.90. The van der Waals surface area contributed by atoms with Gasteiger partial charge in [0.1, 0.15) is 11.9 Å². The molecule has 12 heteroatoms.